The van der Waals surface area contributed by atoms with Gasteiger partial charge in [-0.3, -0.25) is 0 Å². The molecule has 0 spiro atoms. The van der Waals surface area contributed by atoms with Crippen molar-refractivity contribution in [3.63, 3.8) is 0 Å². The third-order valence-corrected chi connectivity index (χ3v) is 4.35. The summed E-state index contributed by atoms with van der Waals surface area (Å²) in [4.78, 5) is 16.6. The molecule has 120 valence electrons. The second-order valence-electron chi connectivity index (χ2n) is 7.24. The molecule has 2 aliphatic rings. The van der Waals surface area contributed by atoms with Gasteiger partial charge in [0, 0.05) is 25.2 Å². The summed E-state index contributed by atoms with van der Waals surface area (Å²) < 4.78 is 5.51. The van der Waals surface area contributed by atoms with Gasteiger partial charge in [0.1, 0.15) is 5.60 Å². The minimum atomic E-state index is -0.447. The van der Waals surface area contributed by atoms with Gasteiger partial charge in [0.05, 0.1) is 11.4 Å². The van der Waals surface area contributed by atoms with Crippen LogP contribution >= 0.6 is 0 Å². The van der Waals surface area contributed by atoms with Crippen LogP contribution in [0.3, 0.4) is 0 Å². The molecule has 5 heteroatoms. The zero-order valence-electron chi connectivity index (χ0n) is 13.6. The number of benzene rings is 1. The number of piperazine rings is 1. The molecule has 0 radical (unpaired) electrons. The number of nitrogens with zero attached hydrogens (tertiary/aromatic N) is 2. The largest absolute Gasteiger partial charge is 0.444 e. The molecule has 1 amide bonds. The van der Waals surface area contributed by atoms with Crippen LogP contribution in [0.2, 0.25) is 0 Å². The Balaban J connectivity index is 1.75. The first kappa shape index (κ1) is 15.0. The molecule has 5 nitrogen and oxygen atoms in total. The van der Waals surface area contributed by atoms with Crippen LogP contribution in [0.5, 0.6) is 0 Å². The number of amides is 1. The van der Waals surface area contributed by atoms with E-state index in [-0.39, 0.29) is 6.09 Å². The molecule has 2 bridgehead atoms. The summed E-state index contributed by atoms with van der Waals surface area (Å²) in [5, 5.41) is 0. The number of hydrogen-bond donors (Lipinski definition) is 1. The van der Waals surface area contributed by atoms with E-state index >= 15 is 0 Å². The zero-order valence-corrected chi connectivity index (χ0v) is 13.6. The van der Waals surface area contributed by atoms with Gasteiger partial charge in [-0.2, -0.15) is 0 Å². The summed E-state index contributed by atoms with van der Waals surface area (Å²) in [6.07, 6.45) is 1.99. The minimum absolute atomic E-state index is 0.204. The third-order valence-electron chi connectivity index (χ3n) is 4.35. The van der Waals surface area contributed by atoms with E-state index in [0.29, 0.717) is 25.2 Å². The predicted octanol–water partition coefficient (Wildman–Crippen LogP) is 2.86. The Bertz CT molecular complexity index is 553. The number of hydrogen-bond acceptors (Lipinski definition) is 4. The summed E-state index contributed by atoms with van der Waals surface area (Å²) in [6.45, 7) is 7.13. The summed E-state index contributed by atoms with van der Waals surface area (Å²) in [6, 6.07) is 8.65. The van der Waals surface area contributed by atoms with Gasteiger partial charge in [-0.1, -0.05) is 12.1 Å². The van der Waals surface area contributed by atoms with Crippen LogP contribution in [-0.4, -0.2) is 41.8 Å². The van der Waals surface area contributed by atoms with Gasteiger partial charge in [-0.25, -0.2) is 4.79 Å². The Morgan fingerprint density at radius 3 is 2.32 bits per heavy atom. The van der Waals surface area contributed by atoms with E-state index in [9.17, 15) is 4.79 Å². The summed E-state index contributed by atoms with van der Waals surface area (Å²) in [7, 11) is 0. The van der Waals surface area contributed by atoms with E-state index < -0.39 is 5.60 Å². The fraction of sp³-hybridized carbons (Fsp3) is 0.588. The van der Waals surface area contributed by atoms with Crippen molar-refractivity contribution in [1.82, 2.24) is 4.90 Å². The first-order valence-corrected chi connectivity index (χ1v) is 7.96. The standard InChI is InChI=1S/C17H25N3O2/c1-17(2,3)22-16(21)19-10-12-8-9-13(11-19)20(12)15-7-5-4-6-14(15)18/h4-7,12-13H,8-11,18H2,1-3H3. The number of carbonyl (C=O) groups excluding carboxylic acids is 1. The highest BCUT2D eigenvalue weighted by Crippen LogP contribution is 2.37. The van der Waals surface area contributed by atoms with Crippen molar-refractivity contribution in [2.75, 3.05) is 23.7 Å². The third kappa shape index (κ3) is 2.85. The van der Waals surface area contributed by atoms with E-state index in [1.807, 2.05) is 43.9 Å². The Morgan fingerprint density at radius 2 is 1.77 bits per heavy atom. The van der Waals surface area contributed by atoms with Crippen LogP contribution in [0.4, 0.5) is 16.2 Å². The van der Waals surface area contributed by atoms with Crippen LogP contribution in [0.25, 0.3) is 0 Å². The van der Waals surface area contributed by atoms with E-state index in [4.69, 9.17) is 10.5 Å². The van der Waals surface area contributed by atoms with Crippen LogP contribution in [0.1, 0.15) is 33.6 Å². The van der Waals surface area contributed by atoms with Crippen LogP contribution < -0.4 is 10.6 Å². The quantitative estimate of drug-likeness (QED) is 0.811. The molecule has 2 saturated heterocycles. The smallest absolute Gasteiger partial charge is 0.410 e. The van der Waals surface area contributed by atoms with E-state index in [0.717, 1.165) is 24.2 Å². The van der Waals surface area contributed by atoms with Gasteiger partial charge < -0.3 is 20.3 Å². The first-order valence-electron chi connectivity index (χ1n) is 7.96. The normalized spacial score (nSPS) is 24.5. The molecular weight excluding hydrogens is 278 g/mol. The highest BCUT2D eigenvalue weighted by molar-refractivity contribution is 5.72. The minimum Gasteiger partial charge on any atom is -0.444 e. The molecular formula is C17H25N3O2. The lowest BCUT2D eigenvalue weighted by Gasteiger charge is -2.43. The lowest BCUT2D eigenvalue weighted by atomic mass is 10.1. The monoisotopic (exact) mass is 303 g/mol. The van der Waals surface area contributed by atoms with Crippen molar-refractivity contribution in [1.29, 1.82) is 0 Å². The lowest BCUT2D eigenvalue weighted by molar-refractivity contribution is 0.0210. The topological polar surface area (TPSA) is 58.8 Å². The number of nitrogen functional groups attached to an aromatic ring is 1. The molecule has 3 rings (SSSR count). The maximum absolute atomic E-state index is 12.3. The molecule has 2 unspecified atom stereocenters. The van der Waals surface area contributed by atoms with Crippen molar-refractivity contribution in [2.45, 2.75) is 51.3 Å². The Kier molecular flexibility index (Phi) is 3.67. The first-order chi connectivity index (χ1) is 10.3. The fourth-order valence-electron chi connectivity index (χ4n) is 3.49. The molecule has 2 N–H and O–H groups in total. The average molecular weight is 303 g/mol. The van der Waals surface area contributed by atoms with Crippen LogP contribution in [0, 0.1) is 0 Å². The van der Waals surface area contributed by atoms with Crippen molar-refractivity contribution in [3.8, 4) is 0 Å². The predicted molar refractivity (Wildman–Crippen MR) is 88.0 cm³/mol. The maximum atomic E-state index is 12.3. The van der Waals surface area contributed by atoms with Crippen LogP contribution in [-0.2, 0) is 4.74 Å². The van der Waals surface area contributed by atoms with E-state index in [2.05, 4.69) is 11.0 Å². The zero-order chi connectivity index (χ0) is 15.9. The molecule has 2 atom stereocenters. The van der Waals surface area contributed by atoms with E-state index in [1.54, 1.807) is 0 Å². The summed E-state index contributed by atoms with van der Waals surface area (Å²) in [5.41, 5.74) is 7.59. The van der Waals surface area contributed by atoms with Gasteiger partial charge in [0.2, 0.25) is 0 Å². The number of likely N-dealkylation sites (tertiary alicyclic amines) is 1. The molecule has 1 aromatic rings. The number of anilines is 2. The SMILES string of the molecule is CC(C)(C)OC(=O)N1CC2CCC(C1)N2c1ccccc1N. The van der Waals surface area contributed by atoms with Crippen LogP contribution in [0.15, 0.2) is 24.3 Å². The number of ether oxygens (including phenoxy) is 1. The summed E-state index contributed by atoms with van der Waals surface area (Å²) >= 11 is 0. The van der Waals surface area contributed by atoms with E-state index in [1.165, 1.54) is 0 Å². The number of nitrogens with two attached hydrogens (primary N) is 1. The molecule has 0 saturated carbocycles. The molecule has 0 aromatic heterocycles. The van der Waals surface area contributed by atoms with Crippen molar-refractivity contribution in [3.05, 3.63) is 24.3 Å². The second-order valence-corrected chi connectivity index (χ2v) is 7.24. The number of rotatable bonds is 1. The average Bonchev–Trinajstić information content (AvgIpc) is 2.67. The summed E-state index contributed by atoms with van der Waals surface area (Å²) in [5.74, 6) is 0. The Labute approximate surface area is 132 Å². The fourth-order valence-corrected chi connectivity index (χ4v) is 3.49. The Morgan fingerprint density at radius 1 is 1.18 bits per heavy atom. The molecule has 1 aromatic carbocycles. The molecule has 0 aliphatic carbocycles. The van der Waals surface area contributed by atoms with Gasteiger partial charge in [-0.05, 0) is 45.7 Å². The molecule has 2 heterocycles. The van der Waals surface area contributed by atoms with Gasteiger partial charge >= 0.3 is 6.09 Å². The van der Waals surface area contributed by atoms with Gasteiger partial charge in [0.25, 0.3) is 0 Å². The van der Waals surface area contributed by atoms with Gasteiger partial charge in [0.15, 0.2) is 0 Å². The molecule has 2 fully saturated rings. The molecule has 22 heavy (non-hydrogen) atoms. The van der Waals surface area contributed by atoms with Crippen molar-refractivity contribution < 1.29 is 9.53 Å². The maximum Gasteiger partial charge on any atom is 0.410 e. The second kappa shape index (κ2) is 5.38. The highest BCUT2D eigenvalue weighted by atomic mass is 16.6. The van der Waals surface area contributed by atoms with Gasteiger partial charge in [-0.15, -0.1) is 0 Å². The number of carbonyl (C=O) groups is 1. The number of para-hydroxylation sites is 2. The number of fused-ring (bicyclic) bond motifs is 2. The molecule has 2 aliphatic heterocycles. The Hall–Kier alpha value is -1.91. The lowest BCUT2D eigenvalue weighted by Crippen LogP contribution is -2.56. The highest BCUT2D eigenvalue weighted by Gasteiger charge is 2.42. The van der Waals surface area contributed by atoms with Crippen molar-refractivity contribution in [2.24, 2.45) is 0 Å². The van der Waals surface area contributed by atoms with Crippen molar-refractivity contribution >= 4 is 17.5 Å².